The normalized spacial score (nSPS) is 22.3. The third-order valence-electron chi connectivity index (χ3n) is 1.86. The fourth-order valence-electron chi connectivity index (χ4n) is 1.18. The standard InChI is InChI=1S/C8H15N3S.H3N.H2/c1-11-4-3-10-8(6-11)7(9)2-5-12;;/h2,5,10,12H,3-4,6,9H2,1H3;1H3;1H/b5-2-,8-7-;;. The lowest BCUT2D eigenvalue weighted by Crippen LogP contribution is -2.40. The second-order valence-electron chi connectivity index (χ2n) is 2.91. The Labute approximate surface area is 86.3 Å². The quantitative estimate of drug-likeness (QED) is 0.470. The van der Waals surface area contributed by atoms with Gasteiger partial charge >= 0.3 is 0 Å². The summed E-state index contributed by atoms with van der Waals surface area (Å²) in [5, 5.41) is 4.91. The second-order valence-corrected chi connectivity index (χ2v) is 3.21. The van der Waals surface area contributed by atoms with Crippen LogP contribution in [0.2, 0.25) is 0 Å². The number of rotatable bonds is 1. The molecule has 1 rings (SSSR count). The first kappa shape index (κ1) is 12.3. The van der Waals surface area contributed by atoms with E-state index in [1.807, 2.05) is 0 Å². The maximum Gasteiger partial charge on any atom is 0.0525 e. The summed E-state index contributed by atoms with van der Waals surface area (Å²) in [5.41, 5.74) is 7.64. The van der Waals surface area contributed by atoms with Gasteiger partial charge in [-0.3, -0.25) is 4.90 Å². The first-order valence-electron chi connectivity index (χ1n) is 3.96. The number of nitrogens with one attached hydrogen (secondary N) is 1. The van der Waals surface area contributed by atoms with Crippen molar-refractivity contribution in [1.29, 1.82) is 0 Å². The zero-order chi connectivity index (χ0) is 8.97. The third-order valence-corrected chi connectivity index (χ3v) is 2.01. The zero-order valence-electron chi connectivity index (χ0n) is 7.95. The molecule has 4 nitrogen and oxygen atoms in total. The number of nitrogens with zero attached hydrogens (tertiary/aromatic N) is 1. The largest absolute Gasteiger partial charge is 0.397 e. The number of nitrogens with two attached hydrogens (primary N) is 1. The molecule has 6 N–H and O–H groups in total. The topological polar surface area (TPSA) is 76.3 Å². The van der Waals surface area contributed by atoms with Crippen LogP contribution in [0.4, 0.5) is 0 Å². The zero-order valence-corrected chi connectivity index (χ0v) is 8.85. The Hall–Kier alpha value is -0.650. The van der Waals surface area contributed by atoms with Crippen LogP contribution < -0.4 is 17.2 Å². The van der Waals surface area contributed by atoms with Crippen molar-refractivity contribution in [3.63, 3.8) is 0 Å². The van der Waals surface area contributed by atoms with E-state index < -0.39 is 0 Å². The molecule has 0 bridgehead atoms. The van der Waals surface area contributed by atoms with E-state index in [4.69, 9.17) is 5.73 Å². The van der Waals surface area contributed by atoms with Gasteiger partial charge in [0.05, 0.1) is 5.70 Å². The maximum absolute atomic E-state index is 5.78. The fourth-order valence-corrected chi connectivity index (χ4v) is 1.34. The van der Waals surface area contributed by atoms with E-state index >= 15 is 0 Å². The molecule has 0 aromatic rings. The molecule has 78 valence electrons. The molecule has 13 heavy (non-hydrogen) atoms. The van der Waals surface area contributed by atoms with E-state index in [2.05, 4.69) is 29.9 Å². The van der Waals surface area contributed by atoms with Crippen molar-refractivity contribution in [1.82, 2.24) is 16.4 Å². The molecular weight excluding hydrogens is 184 g/mol. The summed E-state index contributed by atoms with van der Waals surface area (Å²) in [7, 11) is 2.08. The average molecular weight is 204 g/mol. The Morgan fingerprint density at radius 1 is 1.77 bits per heavy atom. The molecule has 0 spiro atoms. The molecule has 1 fully saturated rings. The highest BCUT2D eigenvalue weighted by atomic mass is 32.1. The minimum Gasteiger partial charge on any atom is -0.397 e. The van der Waals surface area contributed by atoms with Gasteiger partial charge in [0.25, 0.3) is 0 Å². The van der Waals surface area contributed by atoms with Crippen LogP contribution in [0.15, 0.2) is 22.9 Å². The van der Waals surface area contributed by atoms with Crippen LogP contribution in [0.3, 0.4) is 0 Å². The molecule has 0 aliphatic carbocycles. The molecule has 0 atom stereocenters. The number of allylic oxidation sites excluding steroid dienone is 1. The minimum atomic E-state index is 0. The second kappa shape index (κ2) is 5.90. The summed E-state index contributed by atoms with van der Waals surface area (Å²) in [6.45, 7) is 2.93. The Kier molecular flexibility index (Phi) is 5.61. The van der Waals surface area contributed by atoms with Gasteiger partial charge in [0.2, 0.25) is 0 Å². The van der Waals surface area contributed by atoms with Crippen molar-refractivity contribution in [2.24, 2.45) is 5.73 Å². The highest BCUT2D eigenvalue weighted by Gasteiger charge is 2.10. The number of piperazine rings is 1. The molecule has 1 aliphatic rings. The highest BCUT2D eigenvalue weighted by Crippen LogP contribution is 2.03. The first-order chi connectivity index (χ1) is 5.74. The van der Waals surface area contributed by atoms with Gasteiger partial charge < -0.3 is 17.2 Å². The Bertz CT molecular complexity index is 217. The van der Waals surface area contributed by atoms with Gasteiger partial charge in [0.15, 0.2) is 0 Å². The minimum absolute atomic E-state index is 0. The molecule has 0 unspecified atom stereocenters. The molecule has 1 heterocycles. The summed E-state index contributed by atoms with van der Waals surface area (Å²) in [6.07, 6.45) is 1.80. The summed E-state index contributed by atoms with van der Waals surface area (Å²) >= 11 is 3.97. The van der Waals surface area contributed by atoms with Gasteiger partial charge in [0, 0.05) is 26.8 Å². The van der Waals surface area contributed by atoms with Crippen LogP contribution in [0.1, 0.15) is 1.43 Å². The van der Waals surface area contributed by atoms with E-state index in [-0.39, 0.29) is 7.58 Å². The van der Waals surface area contributed by atoms with E-state index in [1.54, 1.807) is 11.5 Å². The molecule has 0 amide bonds. The molecule has 1 saturated heterocycles. The van der Waals surface area contributed by atoms with Gasteiger partial charge in [-0.1, -0.05) is 0 Å². The molecule has 0 saturated carbocycles. The van der Waals surface area contributed by atoms with E-state index in [1.165, 1.54) is 0 Å². The molecule has 1 aliphatic heterocycles. The molecule has 0 radical (unpaired) electrons. The van der Waals surface area contributed by atoms with Crippen molar-refractivity contribution in [3.05, 3.63) is 22.9 Å². The third kappa shape index (κ3) is 3.71. The number of thiol groups is 1. The van der Waals surface area contributed by atoms with E-state index in [0.29, 0.717) is 0 Å². The summed E-state index contributed by atoms with van der Waals surface area (Å²) in [5.74, 6) is 0. The van der Waals surface area contributed by atoms with Crippen LogP contribution in [0.25, 0.3) is 0 Å². The van der Waals surface area contributed by atoms with Crippen LogP contribution in [-0.4, -0.2) is 31.6 Å². The van der Waals surface area contributed by atoms with Crippen LogP contribution >= 0.6 is 12.6 Å². The number of hydrogen-bond donors (Lipinski definition) is 4. The van der Waals surface area contributed by atoms with E-state index in [0.717, 1.165) is 31.0 Å². The molecule has 5 heteroatoms. The van der Waals surface area contributed by atoms with Crippen LogP contribution in [0.5, 0.6) is 0 Å². The molecular formula is C8H20N4S. The van der Waals surface area contributed by atoms with Gasteiger partial charge in [-0.15, -0.1) is 0 Å². The fraction of sp³-hybridized carbons (Fsp3) is 0.500. The van der Waals surface area contributed by atoms with Crippen molar-refractivity contribution >= 4 is 12.6 Å². The van der Waals surface area contributed by atoms with Crippen molar-refractivity contribution < 1.29 is 1.43 Å². The Morgan fingerprint density at radius 2 is 2.46 bits per heavy atom. The lowest BCUT2D eigenvalue weighted by atomic mass is 10.2. The lowest BCUT2D eigenvalue weighted by Gasteiger charge is -2.26. The predicted molar refractivity (Wildman–Crippen MR) is 62.0 cm³/mol. The summed E-state index contributed by atoms with van der Waals surface area (Å²) < 4.78 is 0. The SMILES string of the molecule is CN1CCN/C(=C(N)/C=C\S)C1.N.[HH]. The lowest BCUT2D eigenvalue weighted by molar-refractivity contribution is 0.321. The summed E-state index contributed by atoms with van der Waals surface area (Å²) in [6, 6.07) is 0. The maximum atomic E-state index is 5.78. The summed E-state index contributed by atoms with van der Waals surface area (Å²) in [4.78, 5) is 2.23. The molecule has 0 aromatic heterocycles. The van der Waals surface area contributed by atoms with Crippen LogP contribution in [0, 0.1) is 0 Å². The van der Waals surface area contributed by atoms with Gasteiger partial charge in [-0.25, -0.2) is 0 Å². The Morgan fingerprint density at radius 3 is 3.00 bits per heavy atom. The monoisotopic (exact) mass is 204 g/mol. The Balaban J connectivity index is 0. The molecule has 0 aromatic carbocycles. The van der Waals surface area contributed by atoms with Gasteiger partial charge in [-0.05, 0) is 18.5 Å². The van der Waals surface area contributed by atoms with Crippen molar-refractivity contribution in [2.45, 2.75) is 0 Å². The predicted octanol–water partition coefficient (Wildman–Crippen LogP) is 0.543. The first-order valence-corrected chi connectivity index (χ1v) is 4.47. The average Bonchev–Trinajstić information content (AvgIpc) is 2.05. The van der Waals surface area contributed by atoms with E-state index in [9.17, 15) is 0 Å². The number of likely N-dealkylation sites (N-methyl/N-ethyl adjacent to an activating group) is 1. The van der Waals surface area contributed by atoms with Crippen LogP contribution in [-0.2, 0) is 0 Å². The highest BCUT2D eigenvalue weighted by molar-refractivity contribution is 7.83. The smallest absolute Gasteiger partial charge is 0.0525 e. The van der Waals surface area contributed by atoms with Crippen molar-refractivity contribution in [3.8, 4) is 0 Å². The van der Waals surface area contributed by atoms with Gasteiger partial charge in [0.1, 0.15) is 0 Å². The van der Waals surface area contributed by atoms with Crippen molar-refractivity contribution in [2.75, 3.05) is 26.7 Å². The number of hydrogen-bond acceptors (Lipinski definition) is 5. The van der Waals surface area contributed by atoms with Gasteiger partial charge in [-0.2, -0.15) is 12.6 Å².